The van der Waals surface area contributed by atoms with Gasteiger partial charge in [0.2, 0.25) is 0 Å². The number of likely N-dealkylation sites (tertiary alicyclic amines) is 1. The summed E-state index contributed by atoms with van der Waals surface area (Å²) in [6, 6.07) is 0. The first-order valence-corrected chi connectivity index (χ1v) is 6.40. The summed E-state index contributed by atoms with van der Waals surface area (Å²) in [5.41, 5.74) is 5.51. The van der Waals surface area contributed by atoms with Crippen LogP contribution in [0.4, 0.5) is 0 Å². The second-order valence-electron chi connectivity index (χ2n) is 5.23. The van der Waals surface area contributed by atoms with E-state index in [2.05, 4.69) is 0 Å². The lowest BCUT2D eigenvalue weighted by Gasteiger charge is -2.20. The van der Waals surface area contributed by atoms with E-state index in [1.54, 1.807) is 4.90 Å². The molecule has 2 aliphatic heterocycles. The van der Waals surface area contributed by atoms with E-state index in [1.807, 2.05) is 6.92 Å². The number of rotatable bonds is 3. The first-order chi connectivity index (χ1) is 8.52. The Kier molecular flexibility index (Phi) is 3.87. The van der Waals surface area contributed by atoms with Gasteiger partial charge in [0.05, 0.1) is 12.0 Å². The van der Waals surface area contributed by atoms with Crippen LogP contribution in [0.25, 0.3) is 0 Å². The highest BCUT2D eigenvalue weighted by molar-refractivity contribution is 5.83. The molecule has 2 fully saturated rings. The summed E-state index contributed by atoms with van der Waals surface area (Å²) < 4.78 is 5.55. The van der Waals surface area contributed by atoms with Crippen molar-refractivity contribution in [1.82, 2.24) is 4.90 Å². The molecule has 2 aliphatic rings. The number of nitrogens with two attached hydrogens (primary N) is 1. The number of hydrogen-bond donors (Lipinski definition) is 2. The van der Waals surface area contributed by atoms with Crippen molar-refractivity contribution in [3.8, 4) is 0 Å². The predicted octanol–water partition coefficient (Wildman–Crippen LogP) is -0.328. The minimum atomic E-state index is -0.829. The summed E-state index contributed by atoms with van der Waals surface area (Å²) in [5, 5.41) is 9.04. The molecule has 0 saturated carbocycles. The van der Waals surface area contributed by atoms with Crippen LogP contribution in [0.15, 0.2) is 0 Å². The number of aliphatic carboxylic acids is 1. The second-order valence-corrected chi connectivity index (χ2v) is 5.23. The number of carbonyl (C=O) groups is 2. The normalized spacial score (nSPS) is 36.0. The molecule has 0 aliphatic carbocycles. The number of carboxylic acids is 1. The monoisotopic (exact) mass is 256 g/mol. The fourth-order valence-electron chi connectivity index (χ4n) is 2.73. The lowest BCUT2D eigenvalue weighted by molar-refractivity contribution is -0.144. The van der Waals surface area contributed by atoms with Gasteiger partial charge in [-0.1, -0.05) is 6.92 Å². The molecular formula is C12H20N2O4. The molecule has 2 heterocycles. The maximum absolute atomic E-state index is 12.2. The summed E-state index contributed by atoms with van der Waals surface area (Å²) in [7, 11) is 0. The number of amides is 1. The van der Waals surface area contributed by atoms with Crippen LogP contribution in [0.5, 0.6) is 0 Å². The Bertz CT molecular complexity index is 347. The Morgan fingerprint density at radius 2 is 2.11 bits per heavy atom. The van der Waals surface area contributed by atoms with E-state index in [-0.39, 0.29) is 17.9 Å². The Morgan fingerprint density at radius 3 is 2.61 bits per heavy atom. The van der Waals surface area contributed by atoms with E-state index in [1.165, 1.54) is 0 Å². The fraction of sp³-hybridized carbons (Fsp3) is 0.833. The van der Waals surface area contributed by atoms with E-state index < -0.39 is 18.0 Å². The summed E-state index contributed by atoms with van der Waals surface area (Å²) in [6.07, 6.45) is 1.02. The van der Waals surface area contributed by atoms with Gasteiger partial charge in [-0.2, -0.15) is 0 Å². The molecule has 1 amide bonds. The molecule has 102 valence electrons. The number of carbonyl (C=O) groups excluding carboxylic acids is 1. The smallest absolute Gasteiger partial charge is 0.308 e. The molecule has 0 aromatic heterocycles. The lowest BCUT2D eigenvalue weighted by atomic mass is 9.99. The number of ether oxygens (including phenoxy) is 1. The Hall–Kier alpha value is -1.14. The minimum Gasteiger partial charge on any atom is -0.481 e. The number of nitrogens with zero attached hydrogens (tertiary/aromatic N) is 1. The molecule has 18 heavy (non-hydrogen) atoms. The van der Waals surface area contributed by atoms with Gasteiger partial charge in [-0.15, -0.1) is 0 Å². The summed E-state index contributed by atoms with van der Waals surface area (Å²) in [6.45, 7) is 3.09. The van der Waals surface area contributed by atoms with Gasteiger partial charge in [-0.3, -0.25) is 9.59 Å². The third kappa shape index (κ3) is 2.49. The number of carboxylic acid groups (broad SMARTS) is 1. The van der Waals surface area contributed by atoms with Gasteiger partial charge in [-0.05, 0) is 18.8 Å². The molecule has 0 aromatic carbocycles. The highest BCUT2D eigenvalue weighted by atomic mass is 16.5. The average Bonchev–Trinajstić information content (AvgIpc) is 2.94. The maximum atomic E-state index is 12.2. The average molecular weight is 256 g/mol. The van der Waals surface area contributed by atoms with Crippen molar-refractivity contribution >= 4 is 11.9 Å². The summed E-state index contributed by atoms with van der Waals surface area (Å²) >= 11 is 0. The van der Waals surface area contributed by atoms with Crippen LogP contribution >= 0.6 is 0 Å². The quantitative estimate of drug-likeness (QED) is 0.721. The Labute approximate surface area is 106 Å². The van der Waals surface area contributed by atoms with Gasteiger partial charge >= 0.3 is 5.97 Å². The van der Waals surface area contributed by atoms with Crippen molar-refractivity contribution in [3.63, 3.8) is 0 Å². The third-order valence-corrected chi connectivity index (χ3v) is 3.89. The van der Waals surface area contributed by atoms with Gasteiger partial charge in [0.25, 0.3) is 5.91 Å². The first kappa shape index (κ1) is 13.3. The van der Waals surface area contributed by atoms with E-state index in [9.17, 15) is 9.59 Å². The molecule has 6 nitrogen and oxygen atoms in total. The van der Waals surface area contributed by atoms with Crippen molar-refractivity contribution in [2.24, 2.45) is 17.6 Å². The van der Waals surface area contributed by atoms with Crippen molar-refractivity contribution in [3.05, 3.63) is 0 Å². The predicted molar refractivity (Wildman–Crippen MR) is 63.8 cm³/mol. The lowest BCUT2D eigenvalue weighted by Crippen LogP contribution is -2.38. The van der Waals surface area contributed by atoms with Crippen molar-refractivity contribution in [2.45, 2.75) is 32.0 Å². The molecule has 4 unspecified atom stereocenters. The molecule has 0 bridgehead atoms. The zero-order valence-electron chi connectivity index (χ0n) is 10.5. The van der Waals surface area contributed by atoms with Crippen molar-refractivity contribution in [2.75, 3.05) is 19.6 Å². The maximum Gasteiger partial charge on any atom is 0.308 e. The number of hydrogen-bond acceptors (Lipinski definition) is 4. The fourth-order valence-corrected chi connectivity index (χ4v) is 2.73. The van der Waals surface area contributed by atoms with Gasteiger partial charge in [0.1, 0.15) is 6.10 Å². The molecule has 0 radical (unpaired) electrons. The van der Waals surface area contributed by atoms with Crippen LogP contribution in [0.3, 0.4) is 0 Å². The van der Waals surface area contributed by atoms with Crippen LogP contribution < -0.4 is 5.73 Å². The standard InChI is InChI=1S/C12H20N2O4/c1-7-5-14(6-9(7)12(16)17)11(15)10-3-2-8(4-13)18-10/h7-10H,2-6,13H2,1H3,(H,16,17). The second kappa shape index (κ2) is 5.24. The molecule has 0 aromatic rings. The van der Waals surface area contributed by atoms with Crippen LogP contribution in [0, 0.1) is 11.8 Å². The van der Waals surface area contributed by atoms with Crippen LogP contribution in [-0.2, 0) is 14.3 Å². The van der Waals surface area contributed by atoms with Gasteiger partial charge in [0.15, 0.2) is 0 Å². The topological polar surface area (TPSA) is 92.9 Å². The van der Waals surface area contributed by atoms with Crippen molar-refractivity contribution in [1.29, 1.82) is 0 Å². The molecule has 2 rings (SSSR count). The zero-order chi connectivity index (χ0) is 13.3. The van der Waals surface area contributed by atoms with Crippen molar-refractivity contribution < 1.29 is 19.4 Å². The third-order valence-electron chi connectivity index (χ3n) is 3.89. The Morgan fingerprint density at radius 1 is 1.39 bits per heavy atom. The Balaban J connectivity index is 1.93. The summed E-state index contributed by atoms with van der Waals surface area (Å²) in [5.74, 6) is -1.37. The molecule has 0 spiro atoms. The summed E-state index contributed by atoms with van der Waals surface area (Å²) in [4.78, 5) is 24.8. The van der Waals surface area contributed by atoms with E-state index >= 15 is 0 Å². The molecule has 6 heteroatoms. The minimum absolute atomic E-state index is 0.00171. The highest BCUT2D eigenvalue weighted by Crippen LogP contribution is 2.27. The van der Waals surface area contributed by atoms with E-state index in [0.717, 1.165) is 6.42 Å². The molecule has 2 saturated heterocycles. The van der Waals surface area contributed by atoms with E-state index in [4.69, 9.17) is 15.6 Å². The molecular weight excluding hydrogens is 236 g/mol. The van der Waals surface area contributed by atoms with Gasteiger partial charge in [0, 0.05) is 19.6 Å². The highest BCUT2D eigenvalue weighted by Gasteiger charge is 2.40. The van der Waals surface area contributed by atoms with Crippen LogP contribution in [0.1, 0.15) is 19.8 Å². The first-order valence-electron chi connectivity index (χ1n) is 6.40. The largest absolute Gasteiger partial charge is 0.481 e. The van der Waals surface area contributed by atoms with Crippen LogP contribution in [0.2, 0.25) is 0 Å². The SMILES string of the molecule is CC1CN(C(=O)C2CCC(CN)O2)CC1C(=O)O. The van der Waals surface area contributed by atoms with Gasteiger partial charge in [-0.25, -0.2) is 0 Å². The molecule has 4 atom stereocenters. The van der Waals surface area contributed by atoms with E-state index in [0.29, 0.717) is 26.1 Å². The van der Waals surface area contributed by atoms with Crippen LogP contribution in [-0.4, -0.2) is 53.7 Å². The molecule has 3 N–H and O–H groups in total. The van der Waals surface area contributed by atoms with Gasteiger partial charge < -0.3 is 20.5 Å². The zero-order valence-corrected chi connectivity index (χ0v) is 10.5.